The molecule has 2 fully saturated rings. The van der Waals surface area contributed by atoms with Crippen molar-refractivity contribution < 1.29 is 17.9 Å². The van der Waals surface area contributed by atoms with Crippen LogP contribution in [0.2, 0.25) is 5.02 Å². The molecule has 0 aliphatic carbocycles. The van der Waals surface area contributed by atoms with Crippen molar-refractivity contribution in [2.75, 3.05) is 49.6 Å². The SMILES string of the molecule is O=C(/C=C/c1ccccc1Cl)Nc1cc(S(=O)(=O)N2CCOCC2)ccc1N1CCCC1. The lowest BCUT2D eigenvalue weighted by Crippen LogP contribution is -2.40. The van der Waals surface area contributed by atoms with Gasteiger partial charge in [0.15, 0.2) is 0 Å². The van der Waals surface area contributed by atoms with E-state index in [1.807, 2.05) is 18.2 Å². The van der Waals surface area contributed by atoms with Crippen LogP contribution in [0.3, 0.4) is 0 Å². The maximum Gasteiger partial charge on any atom is 0.248 e. The van der Waals surface area contributed by atoms with E-state index in [-0.39, 0.29) is 10.8 Å². The van der Waals surface area contributed by atoms with Crippen molar-refractivity contribution in [3.8, 4) is 0 Å². The van der Waals surface area contributed by atoms with Crippen LogP contribution < -0.4 is 10.2 Å². The standard InChI is InChI=1S/C23H26ClN3O4S/c24-20-6-2-1-5-18(20)7-10-23(28)25-21-17-19(8-9-22(21)26-11-3-4-12-26)32(29,30)27-13-15-31-16-14-27/h1-2,5-10,17H,3-4,11-16H2,(H,25,28)/b10-7+. The van der Waals surface area contributed by atoms with E-state index in [1.54, 1.807) is 30.3 Å². The van der Waals surface area contributed by atoms with Crippen molar-refractivity contribution in [2.24, 2.45) is 0 Å². The largest absolute Gasteiger partial charge is 0.379 e. The Hall–Kier alpha value is -2.39. The van der Waals surface area contributed by atoms with Gasteiger partial charge in [0, 0.05) is 37.3 Å². The molecule has 9 heteroatoms. The molecule has 0 aromatic heterocycles. The Morgan fingerprint density at radius 1 is 1.03 bits per heavy atom. The first-order valence-corrected chi connectivity index (χ1v) is 12.5. The third-order valence-corrected chi connectivity index (χ3v) is 7.84. The smallest absolute Gasteiger partial charge is 0.248 e. The van der Waals surface area contributed by atoms with Crippen LogP contribution in [0.1, 0.15) is 18.4 Å². The maximum atomic E-state index is 13.1. The van der Waals surface area contributed by atoms with Gasteiger partial charge in [-0.15, -0.1) is 0 Å². The molecule has 0 radical (unpaired) electrons. The fourth-order valence-electron chi connectivity index (χ4n) is 3.90. The number of morpholine rings is 1. The monoisotopic (exact) mass is 475 g/mol. The highest BCUT2D eigenvalue weighted by molar-refractivity contribution is 7.89. The van der Waals surface area contributed by atoms with E-state index in [9.17, 15) is 13.2 Å². The molecule has 2 aromatic carbocycles. The molecule has 2 heterocycles. The summed E-state index contributed by atoms with van der Waals surface area (Å²) in [5, 5.41) is 3.42. The Kier molecular flexibility index (Phi) is 7.15. The molecular weight excluding hydrogens is 450 g/mol. The number of halogens is 1. The summed E-state index contributed by atoms with van der Waals surface area (Å²) < 4.78 is 32.9. The lowest BCUT2D eigenvalue weighted by molar-refractivity contribution is -0.111. The van der Waals surface area contributed by atoms with E-state index in [4.69, 9.17) is 16.3 Å². The molecule has 1 N–H and O–H groups in total. The van der Waals surface area contributed by atoms with Gasteiger partial charge in [0.2, 0.25) is 15.9 Å². The molecule has 7 nitrogen and oxygen atoms in total. The summed E-state index contributed by atoms with van der Waals surface area (Å²) in [5.41, 5.74) is 2.03. The first-order chi connectivity index (χ1) is 15.4. The van der Waals surface area contributed by atoms with Gasteiger partial charge in [0.1, 0.15) is 0 Å². The summed E-state index contributed by atoms with van der Waals surface area (Å²) in [7, 11) is -3.67. The van der Waals surface area contributed by atoms with Crippen LogP contribution >= 0.6 is 11.6 Å². The Labute approximate surface area is 193 Å². The molecular formula is C23H26ClN3O4S. The van der Waals surface area contributed by atoms with Crippen molar-refractivity contribution in [1.82, 2.24) is 4.31 Å². The second-order valence-electron chi connectivity index (χ2n) is 7.73. The van der Waals surface area contributed by atoms with Gasteiger partial charge in [-0.05, 0) is 48.7 Å². The molecule has 0 unspecified atom stereocenters. The van der Waals surface area contributed by atoms with Gasteiger partial charge < -0.3 is 15.0 Å². The third-order valence-electron chi connectivity index (χ3n) is 5.60. The van der Waals surface area contributed by atoms with Crippen LogP contribution in [-0.4, -0.2) is 58.0 Å². The molecule has 1 amide bonds. The van der Waals surface area contributed by atoms with Crippen molar-refractivity contribution in [2.45, 2.75) is 17.7 Å². The highest BCUT2D eigenvalue weighted by Gasteiger charge is 2.28. The van der Waals surface area contributed by atoms with Crippen LogP contribution in [0.25, 0.3) is 6.08 Å². The topological polar surface area (TPSA) is 79.0 Å². The van der Waals surface area contributed by atoms with Crippen LogP contribution in [0.15, 0.2) is 53.4 Å². The molecule has 0 bridgehead atoms. The van der Waals surface area contributed by atoms with Crippen LogP contribution in [0.4, 0.5) is 11.4 Å². The van der Waals surface area contributed by atoms with E-state index in [1.165, 1.54) is 10.4 Å². The number of sulfonamides is 1. The predicted octanol–water partition coefficient (Wildman–Crippen LogP) is 3.61. The Balaban J connectivity index is 1.61. The molecule has 2 saturated heterocycles. The number of nitrogens with one attached hydrogen (secondary N) is 1. The zero-order valence-corrected chi connectivity index (χ0v) is 19.2. The molecule has 0 saturated carbocycles. The minimum atomic E-state index is -3.67. The van der Waals surface area contributed by atoms with Crippen LogP contribution in [0.5, 0.6) is 0 Å². The summed E-state index contributed by atoms with van der Waals surface area (Å²) >= 11 is 6.15. The van der Waals surface area contributed by atoms with Crippen molar-refractivity contribution >= 4 is 45.0 Å². The van der Waals surface area contributed by atoms with E-state index >= 15 is 0 Å². The molecule has 170 valence electrons. The van der Waals surface area contributed by atoms with Gasteiger partial charge in [-0.25, -0.2) is 8.42 Å². The van der Waals surface area contributed by atoms with Crippen LogP contribution in [0, 0.1) is 0 Å². The Bertz CT molecular complexity index is 1110. The first kappa shape index (κ1) is 22.8. The number of anilines is 2. The maximum absolute atomic E-state index is 13.1. The quantitative estimate of drug-likeness (QED) is 0.645. The summed E-state index contributed by atoms with van der Waals surface area (Å²) in [4.78, 5) is 15.0. The number of carbonyl (C=O) groups excluding carboxylic acids is 1. The minimum Gasteiger partial charge on any atom is -0.379 e. The van der Waals surface area contributed by atoms with Crippen molar-refractivity contribution in [1.29, 1.82) is 0 Å². The molecule has 2 aromatic rings. The third kappa shape index (κ3) is 5.15. The summed E-state index contributed by atoms with van der Waals surface area (Å²) in [6, 6.07) is 12.2. The highest BCUT2D eigenvalue weighted by Crippen LogP contribution is 2.32. The average Bonchev–Trinajstić information content (AvgIpc) is 3.34. The van der Waals surface area contributed by atoms with Gasteiger partial charge in [-0.1, -0.05) is 29.8 Å². The zero-order valence-electron chi connectivity index (χ0n) is 17.7. The average molecular weight is 476 g/mol. The van der Waals surface area contributed by atoms with Gasteiger partial charge in [-0.3, -0.25) is 4.79 Å². The zero-order chi connectivity index (χ0) is 22.6. The predicted molar refractivity (Wildman–Crippen MR) is 127 cm³/mol. The second kappa shape index (κ2) is 10.0. The number of hydrogen-bond acceptors (Lipinski definition) is 5. The fraction of sp³-hybridized carbons (Fsp3) is 0.348. The first-order valence-electron chi connectivity index (χ1n) is 10.7. The fourth-order valence-corrected chi connectivity index (χ4v) is 5.53. The number of hydrogen-bond donors (Lipinski definition) is 1. The molecule has 0 atom stereocenters. The van der Waals surface area contributed by atoms with E-state index in [0.717, 1.165) is 37.2 Å². The van der Waals surface area contributed by atoms with Gasteiger partial charge in [0.25, 0.3) is 0 Å². The van der Waals surface area contributed by atoms with Crippen molar-refractivity contribution in [3.05, 3.63) is 59.1 Å². The Morgan fingerprint density at radius 3 is 2.47 bits per heavy atom. The number of amides is 1. The molecule has 4 rings (SSSR count). The number of rotatable bonds is 6. The molecule has 32 heavy (non-hydrogen) atoms. The molecule has 0 spiro atoms. The van der Waals surface area contributed by atoms with Gasteiger partial charge in [-0.2, -0.15) is 4.31 Å². The minimum absolute atomic E-state index is 0.160. The van der Waals surface area contributed by atoms with Crippen molar-refractivity contribution in [3.63, 3.8) is 0 Å². The molecule has 2 aliphatic heterocycles. The van der Waals surface area contributed by atoms with E-state index in [0.29, 0.717) is 37.0 Å². The van der Waals surface area contributed by atoms with Crippen LogP contribution in [-0.2, 0) is 19.6 Å². The Morgan fingerprint density at radius 2 is 1.75 bits per heavy atom. The second-order valence-corrected chi connectivity index (χ2v) is 10.1. The summed E-state index contributed by atoms with van der Waals surface area (Å²) in [6.45, 7) is 3.13. The number of carbonyl (C=O) groups is 1. The number of ether oxygens (including phenoxy) is 1. The lowest BCUT2D eigenvalue weighted by Gasteiger charge is -2.27. The van der Waals surface area contributed by atoms with E-state index in [2.05, 4.69) is 10.2 Å². The summed E-state index contributed by atoms with van der Waals surface area (Å²) in [5.74, 6) is -0.355. The molecule has 2 aliphatic rings. The summed E-state index contributed by atoms with van der Waals surface area (Å²) in [6.07, 6.45) is 5.17. The number of nitrogens with zero attached hydrogens (tertiary/aromatic N) is 2. The van der Waals surface area contributed by atoms with E-state index < -0.39 is 10.0 Å². The highest BCUT2D eigenvalue weighted by atomic mass is 35.5. The van der Waals surface area contributed by atoms with Gasteiger partial charge in [0.05, 0.1) is 29.5 Å². The van der Waals surface area contributed by atoms with Gasteiger partial charge >= 0.3 is 0 Å². The normalized spacial score (nSPS) is 17.7. The number of benzene rings is 2. The lowest BCUT2D eigenvalue weighted by atomic mass is 10.2.